The average Bonchev–Trinajstić information content (AvgIpc) is 3.52. The fraction of sp³-hybridized carbons (Fsp3) is 0.333. The Bertz CT molecular complexity index is 794. The lowest BCUT2D eigenvalue weighted by atomic mass is 10.1. The second-order valence-electron chi connectivity index (χ2n) is 6.94. The molecule has 1 aliphatic heterocycles. The Hall–Kier alpha value is -2.82. The van der Waals surface area contributed by atoms with Crippen molar-refractivity contribution >= 4 is 17.5 Å². The van der Waals surface area contributed by atoms with Gasteiger partial charge in [0.2, 0.25) is 0 Å². The smallest absolute Gasteiger partial charge is 0.253 e. The van der Waals surface area contributed by atoms with Crippen LogP contribution in [0.4, 0.5) is 5.69 Å². The molecule has 0 aromatic heterocycles. The van der Waals surface area contributed by atoms with Gasteiger partial charge in [-0.2, -0.15) is 0 Å². The first kappa shape index (κ1) is 16.6. The zero-order chi connectivity index (χ0) is 17.9. The van der Waals surface area contributed by atoms with E-state index in [1.807, 2.05) is 23.1 Å². The van der Waals surface area contributed by atoms with Gasteiger partial charge in [-0.05, 0) is 43.2 Å². The van der Waals surface area contributed by atoms with E-state index in [9.17, 15) is 9.59 Å². The molecule has 2 aliphatic rings. The van der Waals surface area contributed by atoms with Gasteiger partial charge in [-0.15, -0.1) is 0 Å². The molecule has 1 heterocycles. The summed E-state index contributed by atoms with van der Waals surface area (Å²) < 4.78 is 0. The number of nitrogens with zero attached hydrogens (tertiary/aromatic N) is 2. The van der Waals surface area contributed by atoms with Crippen LogP contribution in [0.1, 0.15) is 33.6 Å². The standard InChI is InChI=1S/C21H23N3O2/c25-20(22-18-9-10-18)16-5-4-6-17(15-16)21(26)24-13-11-23(12-14-24)19-7-2-1-3-8-19/h1-8,15,18H,9-14H2,(H,22,25). The molecule has 5 nitrogen and oxygen atoms in total. The average molecular weight is 349 g/mol. The molecule has 1 aliphatic carbocycles. The molecule has 134 valence electrons. The zero-order valence-electron chi connectivity index (χ0n) is 14.7. The van der Waals surface area contributed by atoms with Crippen LogP contribution in [0.25, 0.3) is 0 Å². The van der Waals surface area contributed by atoms with Crippen molar-refractivity contribution in [2.45, 2.75) is 18.9 Å². The van der Waals surface area contributed by atoms with Crippen molar-refractivity contribution in [1.82, 2.24) is 10.2 Å². The number of hydrogen-bond acceptors (Lipinski definition) is 3. The second kappa shape index (κ2) is 7.20. The highest BCUT2D eigenvalue weighted by Crippen LogP contribution is 2.20. The molecule has 2 aromatic carbocycles. The van der Waals surface area contributed by atoms with Crippen LogP contribution in [0.2, 0.25) is 0 Å². The van der Waals surface area contributed by atoms with E-state index < -0.39 is 0 Å². The van der Waals surface area contributed by atoms with Crippen molar-refractivity contribution < 1.29 is 9.59 Å². The van der Waals surface area contributed by atoms with Crippen LogP contribution in [-0.2, 0) is 0 Å². The molecule has 0 spiro atoms. The lowest BCUT2D eigenvalue weighted by Crippen LogP contribution is -2.48. The fourth-order valence-corrected chi connectivity index (χ4v) is 3.28. The topological polar surface area (TPSA) is 52.7 Å². The minimum atomic E-state index is -0.0870. The molecule has 2 fully saturated rings. The van der Waals surface area contributed by atoms with E-state index in [4.69, 9.17) is 0 Å². The Morgan fingerprint density at radius 3 is 2.23 bits per heavy atom. The Morgan fingerprint density at radius 2 is 1.54 bits per heavy atom. The van der Waals surface area contributed by atoms with Crippen molar-refractivity contribution in [1.29, 1.82) is 0 Å². The van der Waals surface area contributed by atoms with Crippen molar-refractivity contribution in [3.8, 4) is 0 Å². The molecule has 1 saturated carbocycles. The molecule has 2 aromatic rings. The molecule has 4 rings (SSSR count). The summed E-state index contributed by atoms with van der Waals surface area (Å²) in [5, 5.41) is 2.97. The molecule has 0 bridgehead atoms. The van der Waals surface area contributed by atoms with Crippen LogP contribution < -0.4 is 10.2 Å². The number of piperazine rings is 1. The zero-order valence-corrected chi connectivity index (χ0v) is 14.7. The van der Waals surface area contributed by atoms with Crippen LogP contribution >= 0.6 is 0 Å². The van der Waals surface area contributed by atoms with Crippen LogP contribution in [0.15, 0.2) is 54.6 Å². The summed E-state index contributed by atoms with van der Waals surface area (Å²) in [7, 11) is 0. The minimum Gasteiger partial charge on any atom is -0.368 e. The van der Waals surface area contributed by atoms with E-state index in [2.05, 4.69) is 22.3 Å². The first-order valence-corrected chi connectivity index (χ1v) is 9.21. The molecule has 1 N–H and O–H groups in total. The summed E-state index contributed by atoms with van der Waals surface area (Å²) in [4.78, 5) is 29.2. The van der Waals surface area contributed by atoms with Crippen molar-refractivity contribution in [2.24, 2.45) is 0 Å². The van der Waals surface area contributed by atoms with E-state index in [-0.39, 0.29) is 11.8 Å². The maximum Gasteiger partial charge on any atom is 0.253 e. The number of anilines is 1. The van der Waals surface area contributed by atoms with Gasteiger partial charge in [-0.3, -0.25) is 9.59 Å². The number of hydrogen-bond donors (Lipinski definition) is 1. The quantitative estimate of drug-likeness (QED) is 0.923. The Morgan fingerprint density at radius 1 is 0.846 bits per heavy atom. The SMILES string of the molecule is O=C(NC1CC1)c1cccc(C(=O)N2CCN(c3ccccc3)CC2)c1. The number of nitrogens with one attached hydrogen (secondary N) is 1. The van der Waals surface area contributed by atoms with Gasteiger partial charge < -0.3 is 15.1 Å². The van der Waals surface area contributed by atoms with Gasteiger partial charge in [0.15, 0.2) is 0 Å². The number of carbonyl (C=O) groups is 2. The lowest BCUT2D eigenvalue weighted by molar-refractivity contribution is 0.0747. The van der Waals surface area contributed by atoms with Crippen molar-refractivity contribution in [3.63, 3.8) is 0 Å². The van der Waals surface area contributed by atoms with Gasteiger partial charge in [-0.1, -0.05) is 24.3 Å². The third kappa shape index (κ3) is 3.72. The predicted octanol–water partition coefficient (Wildman–Crippen LogP) is 2.54. The Kier molecular flexibility index (Phi) is 4.61. The van der Waals surface area contributed by atoms with Gasteiger partial charge in [0, 0.05) is 49.0 Å². The van der Waals surface area contributed by atoms with Gasteiger partial charge in [-0.25, -0.2) is 0 Å². The summed E-state index contributed by atoms with van der Waals surface area (Å²) in [6, 6.07) is 17.6. The summed E-state index contributed by atoms with van der Waals surface area (Å²) >= 11 is 0. The largest absolute Gasteiger partial charge is 0.368 e. The Labute approximate surface area is 153 Å². The van der Waals surface area contributed by atoms with Gasteiger partial charge in [0.05, 0.1) is 0 Å². The highest BCUT2D eigenvalue weighted by molar-refractivity contribution is 5.99. The first-order valence-electron chi connectivity index (χ1n) is 9.21. The molecule has 1 saturated heterocycles. The molecule has 0 radical (unpaired) electrons. The highest BCUT2D eigenvalue weighted by Gasteiger charge is 2.25. The van der Waals surface area contributed by atoms with Crippen LogP contribution in [-0.4, -0.2) is 48.9 Å². The Balaban J connectivity index is 1.39. The second-order valence-corrected chi connectivity index (χ2v) is 6.94. The van der Waals surface area contributed by atoms with E-state index in [1.165, 1.54) is 5.69 Å². The maximum atomic E-state index is 12.8. The third-order valence-corrected chi connectivity index (χ3v) is 4.97. The lowest BCUT2D eigenvalue weighted by Gasteiger charge is -2.36. The van der Waals surface area contributed by atoms with Gasteiger partial charge in [0.25, 0.3) is 11.8 Å². The number of para-hydroxylation sites is 1. The molecular formula is C21H23N3O2. The van der Waals surface area contributed by atoms with Crippen LogP contribution in [0.5, 0.6) is 0 Å². The molecule has 5 heteroatoms. The van der Waals surface area contributed by atoms with E-state index in [1.54, 1.807) is 24.3 Å². The minimum absolute atomic E-state index is 0.00113. The number of amides is 2. The molecule has 2 amide bonds. The monoisotopic (exact) mass is 349 g/mol. The summed E-state index contributed by atoms with van der Waals surface area (Å²) in [6.07, 6.45) is 2.10. The highest BCUT2D eigenvalue weighted by atomic mass is 16.2. The van der Waals surface area contributed by atoms with Crippen LogP contribution in [0.3, 0.4) is 0 Å². The molecule has 0 atom stereocenters. The van der Waals surface area contributed by atoms with E-state index >= 15 is 0 Å². The van der Waals surface area contributed by atoms with Gasteiger partial charge in [0.1, 0.15) is 0 Å². The van der Waals surface area contributed by atoms with E-state index in [0.717, 1.165) is 25.9 Å². The first-order chi connectivity index (χ1) is 12.7. The number of rotatable bonds is 4. The summed E-state index contributed by atoms with van der Waals surface area (Å²) in [5.74, 6) is -0.0881. The fourth-order valence-electron chi connectivity index (χ4n) is 3.28. The third-order valence-electron chi connectivity index (χ3n) is 4.97. The number of carbonyl (C=O) groups excluding carboxylic acids is 2. The normalized spacial score (nSPS) is 17.1. The van der Waals surface area contributed by atoms with Gasteiger partial charge >= 0.3 is 0 Å². The van der Waals surface area contributed by atoms with E-state index in [0.29, 0.717) is 30.3 Å². The van der Waals surface area contributed by atoms with Crippen LogP contribution in [0, 0.1) is 0 Å². The summed E-state index contributed by atoms with van der Waals surface area (Å²) in [5.41, 5.74) is 2.34. The molecule has 26 heavy (non-hydrogen) atoms. The summed E-state index contributed by atoms with van der Waals surface area (Å²) in [6.45, 7) is 3.01. The maximum absolute atomic E-state index is 12.8. The predicted molar refractivity (Wildman–Crippen MR) is 101 cm³/mol. The molecular weight excluding hydrogens is 326 g/mol. The molecule has 0 unspecified atom stereocenters. The van der Waals surface area contributed by atoms with Crippen molar-refractivity contribution in [3.05, 3.63) is 65.7 Å². The number of benzene rings is 2. The van der Waals surface area contributed by atoms with Crippen molar-refractivity contribution in [2.75, 3.05) is 31.1 Å².